The summed E-state index contributed by atoms with van der Waals surface area (Å²) in [5.41, 5.74) is 4.95. The van der Waals surface area contributed by atoms with Crippen LogP contribution in [-0.4, -0.2) is 42.0 Å². The average Bonchev–Trinajstić information content (AvgIpc) is 2.38. The minimum Gasteiger partial charge on any atom is -0.392 e. The fraction of sp³-hybridized carbons (Fsp3) is 0.846. The van der Waals surface area contributed by atoms with Crippen molar-refractivity contribution in [2.24, 2.45) is 11.1 Å². The van der Waals surface area contributed by atoms with Crippen LogP contribution in [0.2, 0.25) is 0 Å². The lowest BCUT2D eigenvalue weighted by atomic mass is 9.86. The quantitative estimate of drug-likeness (QED) is 0.715. The third kappa shape index (κ3) is 3.92. The summed E-state index contributed by atoms with van der Waals surface area (Å²) in [6.45, 7) is 7.64. The molecule has 0 radical (unpaired) electrons. The van der Waals surface area contributed by atoms with Gasteiger partial charge in [-0.25, -0.2) is 0 Å². The zero-order valence-corrected chi connectivity index (χ0v) is 12.3. The summed E-state index contributed by atoms with van der Waals surface area (Å²) in [7, 11) is 0. The Hall–Kier alpha value is -0.680. The molecule has 0 aromatic heterocycles. The van der Waals surface area contributed by atoms with Crippen LogP contribution in [-0.2, 0) is 4.79 Å². The highest BCUT2D eigenvalue weighted by atomic mass is 32.1. The number of hydrogen-bond acceptors (Lipinski definition) is 3. The van der Waals surface area contributed by atoms with E-state index in [0.717, 1.165) is 19.6 Å². The number of rotatable bonds is 6. The molecule has 0 aromatic carbocycles. The molecule has 5 heteroatoms. The molecule has 0 spiro atoms. The molecule has 0 aromatic rings. The van der Waals surface area contributed by atoms with Gasteiger partial charge < -0.3 is 16.0 Å². The number of amides is 1. The summed E-state index contributed by atoms with van der Waals surface area (Å²) in [5, 5.41) is 2.95. The number of hydrogen-bond donors (Lipinski definition) is 2. The monoisotopic (exact) mass is 271 g/mol. The molecule has 1 aliphatic rings. The summed E-state index contributed by atoms with van der Waals surface area (Å²) < 4.78 is 0. The Morgan fingerprint density at radius 2 is 2.00 bits per heavy atom. The maximum absolute atomic E-state index is 12.1. The number of nitrogens with two attached hydrogens (primary N) is 1. The standard InChI is InChI=1S/C13H25N3OS/c1-3-13(2,11(14)18)12(17)15-7-10-16-8-5-4-6-9-16/h3-10H2,1-2H3,(H2,14,18)(H,15,17). The molecule has 18 heavy (non-hydrogen) atoms. The van der Waals surface area contributed by atoms with Gasteiger partial charge in [0.25, 0.3) is 0 Å². The maximum atomic E-state index is 12.1. The van der Waals surface area contributed by atoms with Crippen molar-refractivity contribution in [1.29, 1.82) is 0 Å². The number of carbonyl (C=O) groups excluding carboxylic acids is 1. The van der Waals surface area contributed by atoms with Gasteiger partial charge >= 0.3 is 0 Å². The number of nitrogens with one attached hydrogen (secondary N) is 1. The second kappa shape index (κ2) is 7.04. The minimum absolute atomic E-state index is 0.0468. The van der Waals surface area contributed by atoms with E-state index in [1.807, 2.05) is 13.8 Å². The summed E-state index contributed by atoms with van der Waals surface area (Å²) in [6, 6.07) is 0. The Morgan fingerprint density at radius 3 is 2.50 bits per heavy atom. The number of carbonyl (C=O) groups is 1. The molecule has 0 aliphatic carbocycles. The van der Waals surface area contributed by atoms with Crippen LogP contribution in [0.15, 0.2) is 0 Å². The molecule has 1 unspecified atom stereocenters. The van der Waals surface area contributed by atoms with Gasteiger partial charge in [-0.15, -0.1) is 0 Å². The largest absolute Gasteiger partial charge is 0.392 e. The Morgan fingerprint density at radius 1 is 1.39 bits per heavy atom. The van der Waals surface area contributed by atoms with Crippen LogP contribution in [0.25, 0.3) is 0 Å². The van der Waals surface area contributed by atoms with Crippen molar-refractivity contribution in [3.8, 4) is 0 Å². The van der Waals surface area contributed by atoms with Crippen molar-refractivity contribution >= 4 is 23.1 Å². The highest BCUT2D eigenvalue weighted by molar-refractivity contribution is 7.80. The molecule has 1 fully saturated rings. The maximum Gasteiger partial charge on any atom is 0.232 e. The summed E-state index contributed by atoms with van der Waals surface area (Å²) >= 11 is 4.99. The van der Waals surface area contributed by atoms with Crippen LogP contribution >= 0.6 is 12.2 Å². The molecule has 0 bridgehead atoms. The Labute approximate surface area is 115 Å². The van der Waals surface area contributed by atoms with Crippen molar-refractivity contribution in [1.82, 2.24) is 10.2 Å². The molecule has 4 nitrogen and oxygen atoms in total. The van der Waals surface area contributed by atoms with Crippen molar-refractivity contribution in [2.45, 2.75) is 39.5 Å². The fourth-order valence-corrected chi connectivity index (χ4v) is 2.39. The van der Waals surface area contributed by atoms with Crippen LogP contribution in [0.1, 0.15) is 39.5 Å². The van der Waals surface area contributed by atoms with Gasteiger partial charge in [-0.05, 0) is 39.3 Å². The van der Waals surface area contributed by atoms with Crippen LogP contribution in [0.5, 0.6) is 0 Å². The van der Waals surface area contributed by atoms with Gasteiger partial charge in [-0.1, -0.05) is 25.6 Å². The van der Waals surface area contributed by atoms with Crippen molar-refractivity contribution in [2.75, 3.05) is 26.2 Å². The normalized spacial score (nSPS) is 20.1. The molecule has 1 heterocycles. The molecule has 1 amide bonds. The van der Waals surface area contributed by atoms with E-state index in [9.17, 15) is 4.79 Å². The van der Waals surface area contributed by atoms with Gasteiger partial charge in [0.15, 0.2) is 0 Å². The van der Waals surface area contributed by atoms with E-state index < -0.39 is 5.41 Å². The number of piperidine rings is 1. The first kappa shape index (κ1) is 15.4. The first-order chi connectivity index (χ1) is 8.50. The molecular formula is C13H25N3OS. The zero-order valence-electron chi connectivity index (χ0n) is 11.5. The van der Waals surface area contributed by atoms with Gasteiger partial charge in [0.05, 0.1) is 10.4 Å². The molecule has 104 valence electrons. The molecule has 3 N–H and O–H groups in total. The second-order valence-electron chi connectivity index (χ2n) is 5.21. The van der Waals surface area contributed by atoms with E-state index >= 15 is 0 Å². The van der Waals surface area contributed by atoms with Gasteiger partial charge in [-0.2, -0.15) is 0 Å². The van der Waals surface area contributed by atoms with E-state index in [2.05, 4.69) is 10.2 Å². The Balaban J connectivity index is 2.33. The number of nitrogens with zero attached hydrogens (tertiary/aromatic N) is 1. The second-order valence-corrected chi connectivity index (χ2v) is 5.65. The van der Waals surface area contributed by atoms with E-state index in [4.69, 9.17) is 18.0 Å². The first-order valence-electron chi connectivity index (χ1n) is 6.81. The lowest BCUT2D eigenvalue weighted by Crippen LogP contribution is -2.48. The third-order valence-corrected chi connectivity index (χ3v) is 4.36. The predicted octanol–water partition coefficient (Wildman–Crippen LogP) is 1.29. The number of likely N-dealkylation sites (tertiary alicyclic amines) is 1. The van der Waals surface area contributed by atoms with Crippen molar-refractivity contribution in [3.05, 3.63) is 0 Å². The predicted molar refractivity (Wildman–Crippen MR) is 78.5 cm³/mol. The fourth-order valence-electron chi connectivity index (χ4n) is 2.15. The molecule has 1 atom stereocenters. The van der Waals surface area contributed by atoms with Gasteiger partial charge in [0.2, 0.25) is 5.91 Å². The molecule has 1 aliphatic heterocycles. The topological polar surface area (TPSA) is 58.4 Å². The van der Waals surface area contributed by atoms with E-state index in [1.165, 1.54) is 19.3 Å². The van der Waals surface area contributed by atoms with Gasteiger partial charge in [0.1, 0.15) is 0 Å². The summed E-state index contributed by atoms with van der Waals surface area (Å²) in [6.07, 6.45) is 4.51. The number of thiocarbonyl (C=S) groups is 1. The van der Waals surface area contributed by atoms with E-state index in [-0.39, 0.29) is 10.9 Å². The van der Waals surface area contributed by atoms with Crippen LogP contribution in [0.3, 0.4) is 0 Å². The van der Waals surface area contributed by atoms with E-state index in [1.54, 1.807) is 0 Å². The van der Waals surface area contributed by atoms with Crippen LogP contribution < -0.4 is 11.1 Å². The lowest BCUT2D eigenvalue weighted by molar-refractivity contribution is -0.127. The smallest absolute Gasteiger partial charge is 0.232 e. The Bertz CT molecular complexity index is 303. The molecular weight excluding hydrogens is 246 g/mol. The summed E-state index contributed by atoms with van der Waals surface area (Å²) in [4.78, 5) is 14.8. The van der Waals surface area contributed by atoms with Gasteiger partial charge in [0, 0.05) is 13.1 Å². The molecule has 1 rings (SSSR count). The highest BCUT2D eigenvalue weighted by Gasteiger charge is 2.34. The average molecular weight is 271 g/mol. The van der Waals surface area contributed by atoms with Crippen LogP contribution in [0, 0.1) is 5.41 Å². The van der Waals surface area contributed by atoms with Crippen molar-refractivity contribution < 1.29 is 4.79 Å². The van der Waals surface area contributed by atoms with Gasteiger partial charge in [-0.3, -0.25) is 4.79 Å². The van der Waals surface area contributed by atoms with E-state index in [0.29, 0.717) is 13.0 Å². The van der Waals surface area contributed by atoms with Crippen molar-refractivity contribution in [3.63, 3.8) is 0 Å². The first-order valence-corrected chi connectivity index (χ1v) is 7.22. The highest BCUT2D eigenvalue weighted by Crippen LogP contribution is 2.21. The third-order valence-electron chi connectivity index (χ3n) is 3.91. The zero-order chi connectivity index (χ0) is 13.6. The summed E-state index contributed by atoms with van der Waals surface area (Å²) in [5.74, 6) is -0.0468. The van der Waals surface area contributed by atoms with Crippen LogP contribution in [0.4, 0.5) is 0 Å². The molecule has 0 saturated carbocycles. The minimum atomic E-state index is -0.711. The Kier molecular flexibility index (Phi) is 6.02. The lowest BCUT2D eigenvalue weighted by Gasteiger charge is -2.28. The SMILES string of the molecule is CCC(C)(C(=O)NCCN1CCCCC1)C(N)=S. The molecule has 1 saturated heterocycles.